The maximum absolute atomic E-state index is 14.9. The van der Waals surface area contributed by atoms with Gasteiger partial charge in [-0.25, -0.2) is 14.4 Å². The normalized spacial score (nSPS) is 28.0. The van der Waals surface area contributed by atoms with Gasteiger partial charge in [0.2, 0.25) is 5.95 Å². The number of likely N-dealkylation sites (N-methyl/N-ethyl adjacent to an activating group) is 1. The van der Waals surface area contributed by atoms with Crippen molar-refractivity contribution in [2.24, 2.45) is 16.6 Å². The van der Waals surface area contributed by atoms with Crippen molar-refractivity contribution in [3.63, 3.8) is 0 Å². The number of nitrogens with zero attached hydrogens (tertiary/aromatic N) is 3. The van der Waals surface area contributed by atoms with Crippen molar-refractivity contribution in [3.8, 4) is 16.9 Å². The quantitative estimate of drug-likeness (QED) is 0.738. The van der Waals surface area contributed by atoms with Crippen LogP contribution in [0.5, 0.6) is 5.75 Å². The molecule has 1 amide bonds. The highest BCUT2D eigenvalue weighted by atomic mass is 19.1. The van der Waals surface area contributed by atoms with Crippen molar-refractivity contribution in [2.75, 3.05) is 20.3 Å². The van der Waals surface area contributed by atoms with E-state index in [2.05, 4.69) is 9.98 Å². The molecule has 1 saturated heterocycles. The monoisotopic (exact) mass is 400 g/mol. The molecule has 1 unspecified atom stereocenters. The van der Waals surface area contributed by atoms with E-state index in [4.69, 9.17) is 15.2 Å². The van der Waals surface area contributed by atoms with E-state index in [0.717, 1.165) is 0 Å². The van der Waals surface area contributed by atoms with Crippen LogP contribution in [0.1, 0.15) is 12.0 Å². The van der Waals surface area contributed by atoms with Crippen molar-refractivity contribution < 1.29 is 23.0 Å². The van der Waals surface area contributed by atoms with Crippen molar-refractivity contribution in [2.45, 2.75) is 18.1 Å². The zero-order chi connectivity index (χ0) is 20.3. The van der Waals surface area contributed by atoms with E-state index >= 15 is 0 Å². The Labute approximate surface area is 165 Å². The van der Waals surface area contributed by atoms with Crippen molar-refractivity contribution in [1.82, 2.24) is 9.88 Å². The number of pyridine rings is 1. The third-order valence-corrected chi connectivity index (χ3v) is 5.90. The topological polar surface area (TPSA) is 90.0 Å². The minimum atomic E-state index is -1.40. The molecule has 3 aliphatic heterocycles. The maximum Gasteiger partial charge on any atom is 0.262 e. The first-order valence-electron chi connectivity index (χ1n) is 9.26. The molecule has 2 aromatic rings. The number of amides is 1. The lowest BCUT2D eigenvalue weighted by atomic mass is 9.71. The number of carbonyl (C=O) groups excluding carboxylic acids is 1. The minimum absolute atomic E-state index is 0.0132. The summed E-state index contributed by atoms with van der Waals surface area (Å²) in [5.74, 6) is -1.99. The van der Waals surface area contributed by atoms with Gasteiger partial charge in [0.15, 0.2) is 11.5 Å². The molecule has 0 aliphatic carbocycles. The van der Waals surface area contributed by atoms with Gasteiger partial charge in [-0.05, 0) is 18.2 Å². The molecular formula is C20H18F2N4O3. The van der Waals surface area contributed by atoms with Crippen LogP contribution in [0.25, 0.3) is 11.1 Å². The van der Waals surface area contributed by atoms with E-state index in [1.165, 1.54) is 42.4 Å². The van der Waals surface area contributed by atoms with Gasteiger partial charge < -0.3 is 15.2 Å². The Morgan fingerprint density at radius 1 is 1.31 bits per heavy atom. The summed E-state index contributed by atoms with van der Waals surface area (Å²) in [5, 5.41) is 0. The number of rotatable bonds is 1. The fourth-order valence-corrected chi connectivity index (χ4v) is 4.44. The molecule has 150 valence electrons. The first-order chi connectivity index (χ1) is 13.9. The summed E-state index contributed by atoms with van der Waals surface area (Å²) in [5.41, 5.74) is 4.89. The zero-order valence-electron chi connectivity index (χ0n) is 15.6. The average molecular weight is 400 g/mol. The van der Waals surface area contributed by atoms with Gasteiger partial charge in [0.1, 0.15) is 17.7 Å². The van der Waals surface area contributed by atoms with Gasteiger partial charge in [-0.3, -0.25) is 9.69 Å². The second-order valence-corrected chi connectivity index (χ2v) is 7.40. The third-order valence-electron chi connectivity index (χ3n) is 5.90. The van der Waals surface area contributed by atoms with E-state index in [9.17, 15) is 13.6 Å². The van der Waals surface area contributed by atoms with Gasteiger partial charge in [0, 0.05) is 42.4 Å². The molecule has 29 heavy (non-hydrogen) atoms. The molecular weight excluding hydrogens is 382 g/mol. The first-order valence-corrected chi connectivity index (χ1v) is 9.26. The van der Waals surface area contributed by atoms with E-state index in [1.807, 2.05) is 0 Å². The number of halogens is 2. The number of aliphatic imine (C=N–C) groups is 1. The third kappa shape index (κ3) is 2.40. The average Bonchev–Trinajstić information content (AvgIpc) is 2.93. The molecule has 0 bridgehead atoms. The number of benzene rings is 1. The number of hydrogen-bond acceptors (Lipinski definition) is 6. The standard InChI is InChI=1S/C20H18F2N4O3/c1-26-18(27)20(25-19(26)23)12-7-11(10-3-2-5-24-17(10)22)14(21)8-16(12)29-15-4-6-28-9-13(15)20/h2-3,5,7-8,13,15H,4,6,9H2,1H3,(H2,23,25)/t13-,15?,20-/m0/s1. The number of carbonyl (C=O) groups is 1. The highest BCUT2D eigenvalue weighted by Crippen LogP contribution is 2.52. The highest BCUT2D eigenvalue weighted by molar-refractivity contribution is 6.07. The Morgan fingerprint density at radius 3 is 2.86 bits per heavy atom. The molecule has 1 spiro atoms. The second-order valence-electron chi connectivity index (χ2n) is 7.40. The molecule has 3 aliphatic rings. The van der Waals surface area contributed by atoms with Crippen LogP contribution in [-0.2, 0) is 15.1 Å². The molecule has 0 radical (unpaired) electrons. The molecule has 4 heterocycles. The van der Waals surface area contributed by atoms with Gasteiger partial charge in [-0.1, -0.05) is 0 Å². The minimum Gasteiger partial charge on any atom is -0.489 e. The summed E-state index contributed by atoms with van der Waals surface area (Å²) in [7, 11) is 1.54. The molecule has 1 fully saturated rings. The number of fused-ring (bicyclic) bond motifs is 4. The summed E-state index contributed by atoms with van der Waals surface area (Å²) in [6.07, 6.45) is 1.45. The molecule has 7 nitrogen and oxygen atoms in total. The SMILES string of the molecule is CN1C(=O)[C@]2(N=C1N)c1cc(-c3cccnc3F)c(F)cc1OC1CCOC[C@@H]12. The fraction of sp³-hybridized carbons (Fsp3) is 0.350. The number of aromatic nitrogens is 1. The lowest BCUT2D eigenvalue weighted by molar-refractivity contribution is -0.141. The lowest BCUT2D eigenvalue weighted by Crippen LogP contribution is -2.56. The summed E-state index contributed by atoms with van der Waals surface area (Å²) < 4.78 is 40.9. The Hall–Kier alpha value is -3.07. The van der Waals surface area contributed by atoms with Gasteiger partial charge in [0.05, 0.1) is 19.1 Å². The van der Waals surface area contributed by atoms with Crippen LogP contribution in [0.3, 0.4) is 0 Å². The van der Waals surface area contributed by atoms with Crippen LogP contribution >= 0.6 is 0 Å². The van der Waals surface area contributed by atoms with Gasteiger partial charge >= 0.3 is 0 Å². The first kappa shape index (κ1) is 18.0. The van der Waals surface area contributed by atoms with Gasteiger partial charge in [-0.2, -0.15) is 4.39 Å². The summed E-state index contributed by atoms with van der Waals surface area (Å²) in [6, 6.07) is 5.54. The van der Waals surface area contributed by atoms with E-state index in [1.54, 1.807) is 0 Å². The van der Waals surface area contributed by atoms with E-state index in [0.29, 0.717) is 18.6 Å². The summed E-state index contributed by atoms with van der Waals surface area (Å²) in [4.78, 5) is 22.8. The van der Waals surface area contributed by atoms with E-state index in [-0.39, 0.29) is 41.5 Å². The molecule has 3 atom stereocenters. The predicted octanol–water partition coefficient (Wildman–Crippen LogP) is 1.81. The number of ether oxygens (including phenoxy) is 2. The van der Waals surface area contributed by atoms with Crippen LogP contribution in [0.2, 0.25) is 0 Å². The van der Waals surface area contributed by atoms with Crippen LogP contribution in [0.4, 0.5) is 8.78 Å². The van der Waals surface area contributed by atoms with Crippen molar-refractivity contribution in [1.29, 1.82) is 0 Å². The molecule has 1 aromatic heterocycles. The molecule has 9 heteroatoms. The Bertz CT molecular complexity index is 1060. The van der Waals surface area contributed by atoms with Crippen LogP contribution < -0.4 is 10.5 Å². The zero-order valence-corrected chi connectivity index (χ0v) is 15.6. The maximum atomic E-state index is 14.9. The van der Waals surface area contributed by atoms with Crippen LogP contribution in [0.15, 0.2) is 35.5 Å². The second kappa shape index (κ2) is 6.21. The van der Waals surface area contributed by atoms with Crippen LogP contribution in [0, 0.1) is 17.7 Å². The van der Waals surface area contributed by atoms with Crippen LogP contribution in [-0.4, -0.2) is 48.1 Å². The van der Waals surface area contributed by atoms with Crippen molar-refractivity contribution in [3.05, 3.63) is 47.8 Å². The lowest BCUT2D eigenvalue weighted by Gasteiger charge is -2.45. The largest absolute Gasteiger partial charge is 0.489 e. The molecule has 5 rings (SSSR count). The smallest absolute Gasteiger partial charge is 0.262 e. The van der Waals surface area contributed by atoms with Gasteiger partial charge in [0.25, 0.3) is 5.91 Å². The summed E-state index contributed by atoms with van der Waals surface area (Å²) in [6.45, 7) is 0.714. The Kier molecular flexibility index (Phi) is 3.86. The Morgan fingerprint density at radius 2 is 2.14 bits per heavy atom. The highest BCUT2D eigenvalue weighted by Gasteiger charge is 2.60. The van der Waals surface area contributed by atoms with Gasteiger partial charge in [-0.15, -0.1) is 0 Å². The molecule has 0 saturated carbocycles. The van der Waals surface area contributed by atoms with E-state index < -0.39 is 23.2 Å². The Balaban J connectivity index is 1.78. The molecule has 1 aromatic carbocycles. The predicted molar refractivity (Wildman–Crippen MR) is 99.0 cm³/mol. The fourth-order valence-electron chi connectivity index (χ4n) is 4.44. The van der Waals surface area contributed by atoms with Crippen molar-refractivity contribution >= 4 is 11.9 Å². The number of guanidine groups is 1. The number of nitrogens with two attached hydrogens (primary N) is 1. The summed E-state index contributed by atoms with van der Waals surface area (Å²) >= 11 is 0. The number of hydrogen-bond donors (Lipinski definition) is 1. The molecule has 2 N–H and O–H groups in total.